The van der Waals surface area contributed by atoms with Crippen LogP contribution < -0.4 is 4.72 Å². The lowest BCUT2D eigenvalue weighted by Gasteiger charge is -2.05. The van der Waals surface area contributed by atoms with Crippen LogP contribution in [0.5, 0.6) is 0 Å². The molecule has 0 aromatic carbocycles. The van der Waals surface area contributed by atoms with Gasteiger partial charge in [-0.05, 0) is 12.1 Å². The number of sulfonamides is 1. The smallest absolute Gasteiger partial charge is 0.241 e. The highest BCUT2D eigenvalue weighted by Crippen LogP contribution is 2.13. The monoisotopic (exact) mass is 289 g/mol. The average molecular weight is 290 g/mol. The summed E-state index contributed by atoms with van der Waals surface area (Å²) in [6, 6.07) is 2.68. The van der Waals surface area contributed by atoms with Crippen molar-refractivity contribution < 1.29 is 8.42 Å². The average Bonchev–Trinajstić information content (AvgIpc) is 2.79. The van der Waals surface area contributed by atoms with E-state index in [1.54, 1.807) is 10.9 Å². The minimum atomic E-state index is -3.57. The fourth-order valence-corrected chi connectivity index (χ4v) is 2.94. The van der Waals surface area contributed by atoms with Gasteiger partial charge in [0.05, 0.1) is 22.6 Å². The van der Waals surface area contributed by atoms with Crippen molar-refractivity contribution in [2.45, 2.75) is 11.4 Å². The van der Waals surface area contributed by atoms with Crippen molar-refractivity contribution in [3.63, 3.8) is 0 Å². The standard InChI is InChI=1S/C9H8ClN3O2S2/c10-9-3-8(1-2-11-9)17(14,15)13-4-7-5-16-6-12-7/h1-3,5-6,13H,4H2. The van der Waals surface area contributed by atoms with Gasteiger partial charge in [0.25, 0.3) is 0 Å². The number of pyridine rings is 1. The van der Waals surface area contributed by atoms with Gasteiger partial charge in [-0.15, -0.1) is 11.3 Å². The maximum atomic E-state index is 11.9. The summed E-state index contributed by atoms with van der Waals surface area (Å²) in [5, 5.41) is 1.92. The predicted molar refractivity (Wildman–Crippen MR) is 65.4 cm³/mol. The number of rotatable bonds is 4. The number of nitrogens with one attached hydrogen (secondary N) is 1. The molecular weight excluding hydrogens is 282 g/mol. The second kappa shape index (κ2) is 5.09. The van der Waals surface area contributed by atoms with Crippen molar-refractivity contribution in [2.24, 2.45) is 0 Å². The summed E-state index contributed by atoms with van der Waals surface area (Å²) in [6.07, 6.45) is 1.35. The molecule has 0 amide bonds. The van der Waals surface area contributed by atoms with E-state index in [1.165, 1.54) is 29.7 Å². The Hall–Kier alpha value is -1.02. The van der Waals surface area contributed by atoms with Crippen molar-refractivity contribution in [3.8, 4) is 0 Å². The fourth-order valence-electron chi connectivity index (χ4n) is 1.13. The van der Waals surface area contributed by atoms with Crippen LogP contribution in [0, 0.1) is 0 Å². The normalized spacial score (nSPS) is 11.6. The van der Waals surface area contributed by atoms with Crippen molar-refractivity contribution in [1.82, 2.24) is 14.7 Å². The second-order valence-corrected chi connectivity index (χ2v) is 5.99. The van der Waals surface area contributed by atoms with Crippen LogP contribution in [-0.2, 0) is 16.6 Å². The Balaban J connectivity index is 2.14. The Morgan fingerprint density at radius 2 is 2.24 bits per heavy atom. The molecular formula is C9H8ClN3O2S2. The molecule has 0 spiro atoms. The summed E-state index contributed by atoms with van der Waals surface area (Å²) < 4.78 is 26.2. The topological polar surface area (TPSA) is 72.0 Å². The van der Waals surface area contributed by atoms with Crippen LogP contribution in [0.3, 0.4) is 0 Å². The lowest BCUT2D eigenvalue weighted by Crippen LogP contribution is -2.23. The fraction of sp³-hybridized carbons (Fsp3) is 0.111. The van der Waals surface area contributed by atoms with Crippen molar-refractivity contribution in [1.29, 1.82) is 0 Å². The molecule has 2 aromatic heterocycles. The molecule has 2 aromatic rings. The maximum absolute atomic E-state index is 11.9. The first-order chi connectivity index (χ1) is 8.08. The molecule has 0 atom stereocenters. The molecule has 8 heteroatoms. The van der Waals surface area contributed by atoms with E-state index in [0.29, 0.717) is 5.69 Å². The summed E-state index contributed by atoms with van der Waals surface area (Å²) in [7, 11) is -3.57. The third-order valence-corrected chi connectivity index (χ3v) is 4.18. The Kier molecular flexibility index (Phi) is 3.72. The summed E-state index contributed by atoms with van der Waals surface area (Å²) in [6.45, 7) is 0.159. The zero-order chi connectivity index (χ0) is 12.3. The second-order valence-electron chi connectivity index (χ2n) is 3.12. The van der Waals surface area contributed by atoms with E-state index in [4.69, 9.17) is 11.6 Å². The molecule has 0 radical (unpaired) electrons. The minimum absolute atomic E-state index is 0.0905. The summed E-state index contributed by atoms with van der Waals surface area (Å²) >= 11 is 7.05. The van der Waals surface area contributed by atoms with Gasteiger partial charge in [-0.2, -0.15) is 0 Å². The van der Waals surface area contributed by atoms with Crippen LogP contribution >= 0.6 is 22.9 Å². The van der Waals surface area contributed by atoms with E-state index in [1.807, 2.05) is 0 Å². The lowest BCUT2D eigenvalue weighted by molar-refractivity contribution is 0.580. The van der Waals surface area contributed by atoms with Gasteiger partial charge in [-0.3, -0.25) is 0 Å². The van der Waals surface area contributed by atoms with Gasteiger partial charge in [0, 0.05) is 11.6 Å². The van der Waals surface area contributed by atoms with Gasteiger partial charge in [0.1, 0.15) is 5.15 Å². The van der Waals surface area contributed by atoms with E-state index < -0.39 is 10.0 Å². The molecule has 0 bridgehead atoms. The van der Waals surface area contributed by atoms with Crippen LogP contribution in [0.25, 0.3) is 0 Å². The number of halogens is 1. The molecule has 5 nitrogen and oxygen atoms in total. The maximum Gasteiger partial charge on any atom is 0.241 e. The Morgan fingerprint density at radius 1 is 1.41 bits per heavy atom. The summed E-state index contributed by atoms with van der Waals surface area (Å²) in [5.41, 5.74) is 2.33. The molecule has 0 saturated heterocycles. The molecule has 1 N–H and O–H groups in total. The van der Waals surface area contributed by atoms with Crippen molar-refractivity contribution in [2.75, 3.05) is 0 Å². The quantitative estimate of drug-likeness (QED) is 0.869. The van der Waals surface area contributed by atoms with E-state index in [9.17, 15) is 8.42 Å². The van der Waals surface area contributed by atoms with Gasteiger partial charge in [0.2, 0.25) is 10.0 Å². The Bertz CT molecular complexity index is 598. The largest absolute Gasteiger partial charge is 0.248 e. The highest BCUT2D eigenvalue weighted by molar-refractivity contribution is 7.89. The van der Waals surface area contributed by atoms with Crippen LogP contribution in [0.2, 0.25) is 5.15 Å². The number of thiazole rings is 1. The van der Waals surface area contributed by atoms with Gasteiger partial charge in [-0.25, -0.2) is 23.1 Å². The number of hydrogen-bond acceptors (Lipinski definition) is 5. The van der Waals surface area contributed by atoms with Crippen molar-refractivity contribution >= 4 is 33.0 Å². The third-order valence-electron chi connectivity index (χ3n) is 1.94. The zero-order valence-corrected chi connectivity index (χ0v) is 10.9. The molecule has 90 valence electrons. The molecule has 0 aliphatic carbocycles. The van der Waals surface area contributed by atoms with E-state index >= 15 is 0 Å². The molecule has 2 rings (SSSR count). The van der Waals surface area contributed by atoms with Gasteiger partial charge >= 0.3 is 0 Å². The minimum Gasteiger partial charge on any atom is -0.248 e. The Morgan fingerprint density at radius 3 is 2.88 bits per heavy atom. The molecule has 0 saturated carbocycles. The molecule has 0 unspecified atom stereocenters. The SMILES string of the molecule is O=S(=O)(NCc1cscn1)c1ccnc(Cl)c1. The first-order valence-corrected chi connectivity index (χ1v) is 7.36. The first kappa shape index (κ1) is 12.4. The number of hydrogen-bond donors (Lipinski definition) is 1. The van der Waals surface area contributed by atoms with E-state index in [-0.39, 0.29) is 16.6 Å². The first-order valence-electron chi connectivity index (χ1n) is 4.56. The highest BCUT2D eigenvalue weighted by atomic mass is 35.5. The zero-order valence-electron chi connectivity index (χ0n) is 8.50. The molecule has 17 heavy (non-hydrogen) atoms. The third kappa shape index (κ3) is 3.22. The molecule has 0 fully saturated rings. The van der Waals surface area contributed by atoms with Gasteiger partial charge in [-0.1, -0.05) is 11.6 Å². The molecule has 2 heterocycles. The highest BCUT2D eigenvalue weighted by Gasteiger charge is 2.14. The van der Waals surface area contributed by atoms with Gasteiger partial charge < -0.3 is 0 Å². The van der Waals surface area contributed by atoms with Crippen LogP contribution in [0.4, 0.5) is 0 Å². The van der Waals surface area contributed by atoms with E-state index in [0.717, 1.165) is 0 Å². The van der Waals surface area contributed by atoms with Gasteiger partial charge in [0.15, 0.2) is 0 Å². The van der Waals surface area contributed by atoms with Crippen molar-refractivity contribution in [3.05, 3.63) is 40.1 Å². The van der Waals surface area contributed by atoms with E-state index in [2.05, 4.69) is 14.7 Å². The van der Waals surface area contributed by atoms with Crippen LogP contribution in [-0.4, -0.2) is 18.4 Å². The number of nitrogens with zero attached hydrogens (tertiary/aromatic N) is 2. The lowest BCUT2D eigenvalue weighted by atomic mass is 10.5. The van der Waals surface area contributed by atoms with Crippen LogP contribution in [0.15, 0.2) is 34.1 Å². The number of aromatic nitrogens is 2. The molecule has 0 aliphatic rings. The van der Waals surface area contributed by atoms with Crippen LogP contribution in [0.1, 0.15) is 5.69 Å². The summed E-state index contributed by atoms with van der Waals surface area (Å²) in [4.78, 5) is 7.80. The summed E-state index contributed by atoms with van der Waals surface area (Å²) in [5.74, 6) is 0. The Labute approximate surface area is 108 Å². The predicted octanol–water partition coefficient (Wildman–Crippen LogP) is 1.67. The molecule has 0 aliphatic heterocycles.